The van der Waals surface area contributed by atoms with E-state index in [9.17, 15) is 5.11 Å². The average molecular weight is 238 g/mol. The Balaban J connectivity index is 2.61. The molecular weight excluding hydrogens is 216 g/mol. The minimum atomic E-state index is -0.757. The van der Waals surface area contributed by atoms with Gasteiger partial charge in [0.2, 0.25) is 0 Å². The third kappa shape index (κ3) is 4.36. The zero-order valence-electron chi connectivity index (χ0n) is 10.9. The summed E-state index contributed by atoms with van der Waals surface area (Å²) in [5.41, 5.74) is 0.163. The Hall–Kier alpha value is -1.06. The van der Waals surface area contributed by atoms with Crippen LogP contribution in [0.25, 0.3) is 0 Å². The zero-order chi connectivity index (χ0) is 12.7. The van der Waals surface area contributed by atoms with Gasteiger partial charge in [-0.05, 0) is 38.0 Å². The summed E-state index contributed by atoms with van der Waals surface area (Å²) in [6.45, 7) is 6.74. The molecule has 0 radical (unpaired) electrons. The van der Waals surface area contributed by atoms with Gasteiger partial charge in [-0.2, -0.15) is 0 Å². The van der Waals surface area contributed by atoms with E-state index in [2.05, 4.69) is 6.92 Å². The van der Waals surface area contributed by atoms with Crippen LogP contribution in [0.2, 0.25) is 0 Å². The summed E-state index contributed by atoms with van der Waals surface area (Å²) in [4.78, 5) is 0. The van der Waals surface area contributed by atoms with E-state index >= 15 is 0 Å². The predicted octanol–water partition coefficient (Wildman–Crippen LogP) is 3.07. The quantitative estimate of drug-likeness (QED) is 0.586. The number of aliphatic hydroxyl groups is 1. The monoisotopic (exact) mass is 238 g/mol. The molecule has 1 aromatic carbocycles. The van der Waals surface area contributed by atoms with Gasteiger partial charge in [-0.3, -0.25) is 0 Å². The van der Waals surface area contributed by atoms with Gasteiger partial charge in [-0.25, -0.2) is 0 Å². The highest BCUT2D eigenvalue weighted by Crippen LogP contribution is 2.27. The van der Waals surface area contributed by atoms with Gasteiger partial charge in [-0.15, -0.1) is 0 Å². The molecule has 0 bridgehead atoms. The van der Waals surface area contributed by atoms with Crippen LogP contribution in [0.1, 0.15) is 39.2 Å². The summed E-state index contributed by atoms with van der Waals surface area (Å²) in [5.74, 6) is 0.759. The maximum absolute atomic E-state index is 10.2. The van der Waals surface area contributed by atoms with Crippen molar-refractivity contribution in [1.82, 2.24) is 0 Å². The number of benzene rings is 1. The molecule has 1 rings (SSSR count). The number of ether oxygens (including phenoxy) is 2. The van der Waals surface area contributed by atoms with Gasteiger partial charge in [-0.1, -0.05) is 25.5 Å². The Morgan fingerprint density at radius 2 is 1.82 bits per heavy atom. The molecular formula is C14H22O3. The second-order valence-corrected chi connectivity index (χ2v) is 4.30. The summed E-state index contributed by atoms with van der Waals surface area (Å²) in [7, 11) is 0. The Labute approximate surface area is 103 Å². The van der Waals surface area contributed by atoms with Gasteiger partial charge in [0, 0.05) is 6.61 Å². The lowest BCUT2D eigenvalue weighted by molar-refractivity contribution is 0.0222. The molecule has 1 atom stereocenters. The van der Waals surface area contributed by atoms with Gasteiger partial charge in [0.15, 0.2) is 6.79 Å². The minimum Gasteiger partial charge on any atom is -0.468 e. The topological polar surface area (TPSA) is 38.7 Å². The molecule has 0 saturated heterocycles. The average Bonchev–Trinajstić information content (AvgIpc) is 2.30. The SMILES string of the molecule is CCCC(C)(O)c1ccc(OCOCC)cc1. The molecule has 1 unspecified atom stereocenters. The molecule has 0 aliphatic heterocycles. The first kappa shape index (κ1) is 14.0. The molecule has 0 heterocycles. The van der Waals surface area contributed by atoms with E-state index in [1.807, 2.05) is 38.1 Å². The highest BCUT2D eigenvalue weighted by Gasteiger charge is 2.21. The summed E-state index contributed by atoms with van der Waals surface area (Å²) in [6, 6.07) is 7.52. The fourth-order valence-electron chi connectivity index (χ4n) is 1.73. The van der Waals surface area contributed by atoms with E-state index in [0.717, 1.165) is 24.2 Å². The summed E-state index contributed by atoms with van der Waals surface area (Å²) in [5, 5.41) is 10.2. The van der Waals surface area contributed by atoms with Crippen LogP contribution in [0.3, 0.4) is 0 Å². The first-order chi connectivity index (χ1) is 8.10. The second-order valence-electron chi connectivity index (χ2n) is 4.30. The summed E-state index contributed by atoms with van der Waals surface area (Å²) in [6.07, 6.45) is 1.71. The fraction of sp³-hybridized carbons (Fsp3) is 0.571. The van der Waals surface area contributed by atoms with Crippen LogP contribution in [0, 0.1) is 0 Å². The molecule has 17 heavy (non-hydrogen) atoms. The lowest BCUT2D eigenvalue weighted by Gasteiger charge is -2.23. The Bertz CT molecular complexity index is 317. The smallest absolute Gasteiger partial charge is 0.189 e. The first-order valence-electron chi connectivity index (χ1n) is 6.13. The standard InChI is InChI=1S/C14H22O3/c1-4-10-14(3,15)12-6-8-13(9-7-12)17-11-16-5-2/h6-9,15H,4-5,10-11H2,1-3H3. The van der Waals surface area contributed by atoms with Crippen molar-refractivity contribution in [2.24, 2.45) is 0 Å². The van der Waals surface area contributed by atoms with Crippen LogP contribution in [0.4, 0.5) is 0 Å². The van der Waals surface area contributed by atoms with Crippen molar-refractivity contribution < 1.29 is 14.6 Å². The van der Waals surface area contributed by atoms with Gasteiger partial charge >= 0.3 is 0 Å². The molecule has 0 aliphatic carbocycles. The first-order valence-corrected chi connectivity index (χ1v) is 6.13. The molecule has 0 saturated carbocycles. The van der Waals surface area contributed by atoms with E-state index in [-0.39, 0.29) is 6.79 Å². The molecule has 1 N–H and O–H groups in total. The number of hydrogen-bond acceptors (Lipinski definition) is 3. The maximum Gasteiger partial charge on any atom is 0.189 e. The lowest BCUT2D eigenvalue weighted by Crippen LogP contribution is -2.20. The van der Waals surface area contributed by atoms with Gasteiger partial charge < -0.3 is 14.6 Å². The largest absolute Gasteiger partial charge is 0.468 e. The van der Waals surface area contributed by atoms with Gasteiger partial charge in [0.1, 0.15) is 5.75 Å². The molecule has 0 amide bonds. The molecule has 96 valence electrons. The van der Waals surface area contributed by atoms with Crippen molar-refractivity contribution in [1.29, 1.82) is 0 Å². The minimum absolute atomic E-state index is 0.265. The molecule has 0 fully saturated rings. The van der Waals surface area contributed by atoms with E-state index in [0.29, 0.717) is 6.61 Å². The maximum atomic E-state index is 10.2. The predicted molar refractivity (Wildman–Crippen MR) is 68.0 cm³/mol. The zero-order valence-corrected chi connectivity index (χ0v) is 10.9. The van der Waals surface area contributed by atoms with Crippen LogP contribution >= 0.6 is 0 Å². The van der Waals surface area contributed by atoms with E-state index in [4.69, 9.17) is 9.47 Å². The molecule has 0 spiro atoms. The Kier molecular flexibility index (Phi) is 5.45. The van der Waals surface area contributed by atoms with Crippen LogP contribution in [0.15, 0.2) is 24.3 Å². The summed E-state index contributed by atoms with van der Waals surface area (Å²) < 4.78 is 10.5. The third-order valence-corrected chi connectivity index (χ3v) is 2.73. The molecule has 3 nitrogen and oxygen atoms in total. The Morgan fingerprint density at radius 3 is 2.35 bits per heavy atom. The molecule has 0 aliphatic rings. The van der Waals surface area contributed by atoms with Gasteiger partial charge in [0.05, 0.1) is 5.60 Å². The van der Waals surface area contributed by atoms with Crippen molar-refractivity contribution in [3.63, 3.8) is 0 Å². The van der Waals surface area contributed by atoms with Crippen molar-refractivity contribution in [2.75, 3.05) is 13.4 Å². The van der Waals surface area contributed by atoms with Crippen molar-refractivity contribution in [2.45, 2.75) is 39.2 Å². The van der Waals surface area contributed by atoms with Crippen LogP contribution in [0.5, 0.6) is 5.75 Å². The summed E-state index contributed by atoms with van der Waals surface area (Å²) >= 11 is 0. The van der Waals surface area contributed by atoms with Crippen molar-refractivity contribution >= 4 is 0 Å². The van der Waals surface area contributed by atoms with Crippen molar-refractivity contribution in [3.05, 3.63) is 29.8 Å². The second kappa shape index (κ2) is 6.62. The lowest BCUT2D eigenvalue weighted by atomic mass is 9.91. The molecule has 0 aromatic heterocycles. The van der Waals surface area contributed by atoms with Crippen molar-refractivity contribution in [3.8, 4) is 5.75 Å². The highest BCUT2D eigenvalue weighted by molar-refractivity contribution is 5.30. The van der Waals surface area contributed by atoms with Crippen LogP contribution in [-0.4, -0.2) is 18.5 Å². The van der Waals surface area contributed by atoms with Gasteiger partial charge in [0.25, 0.3) is 0 Å². The molecule has 1 aromatic rings. The van der Waals surface area contributed by atoms with Crippen LogP contribution in [-0.2, 0) is 10.3 Å². The normalized spacial score (nSPS) is 14.4. The number of rotatable bonds is 7. The van der Waals surface area contributed by atoms with E-state index in [1.165, 1.54) is 0 Å². The van der Waals surface area contributed by atoms with E-state index in [1.54, 1.807) is 0 Å². The molecule has 3 heteroatoms. The Morgan fingerprint density at radius 1 is 1.18 bits per heavy atom. The van der Waals surface area contributed by atoms with Crippen LogP contribution < -0.4 is 4.74 Å². The highest BCUT2D eigenvalue weighted by atomic mass is 16.7. The fourth-order valence-corrected chi connectivity index (χ4v) is 1.73. The third-order valence-electron chi connectivity index (χ3n) is 2.73. The number of hydrogen-bond donors (Lipinski definition) is 1. The van der Waals surface area contributed by atoms with E-state index < -0.39 is 5.60 Å².